The van der Waals surface area contributed by atoms with Crippen molar-refractivity contribution in [2.24, 2.45) is 0 Å². The summed E-state index contributed by atoms with van der Waals surface area (Å²) < 4.78 is 4.93. The molecular formula is C124H78N6. The Balaban J connectivity index is 0.000000140. The maximum absolute atomic E-state index is 5.57. The van der Waals surface area contributed by atoms with Crippen LogP contribution in [0, 0.1) is 0 Å². The van der Waals surface area contributed by atoms with Gasteiger partial charge in [0.05, 0.1) is 50.2 Å². The molecule has 0 saturated carbocycles. The number of benzene rings is 22. The Labute approximate surface area is 750 Å². The number of aromatic nitrogens is 6. The first-order valence-electron chi connectivity index (χ1n) is 44.5. The standard InChI is InChI=1S/2C62H39N3/c1-4-18-41(19-5-1)52-38-55-57(39-53(52)42-20-6-2-7-21-42)63-62(64-61(55)43-22-8-3-9-23-43)54-37-49(34-47-27-14-15-28-50(47)54)65-58-30-16-29-51(48-32-31-40-17-10-11-24-44(40)33-48)60(58)56-35-45-25-12-13-26-46(45)36-59(56)65;1-3-15-40(16-4-1)42-29-31-44(32-30-42)61-54-37-47(41-17-5-2-6-18-41)33-35-56(54)63-62(64-61)53-34-36-57(51-25-12-11-24-50(51)53)65-58-28-14-27-52(49-26-13-22-43-19-9-10-23-48(43)49)60(58)55-38-45-20-7-8-21-46(45)39-59(55)65/h2*1-39H. The summed E-state index contributed by atoms with van der Waals surface area (Å²) in [5.74, 6) is 1.38. The van der Waals surface area contributed by atoms with Crippen molar-refractivity contribution in [1.82, 2.24) is 29.1 Å². The normalized spacial score (nSPS) is 11.7. The van der Waals surface area contributed by atoms with Crippen LogP contribution < -0.4 is 0 Å². The van der Waals surface area contributed by atoms with Crippen molar-refractivity contribution in [3.05, 3.63) is 473 Å². The topological polar surface area (TPSA) is 61.4 Å². The van der Waals surface area contributed by atoms with Crippen molar-refractivity contribution in [3.8, 4) is 123 Å². The highest BCUT2D eigenvalue weighted by atomic mass is 15.0. The third-order valence-electron chi connectivity index (χ3n) is 26.3. The van der Waals surface area contributed by atoms with Gasteiger partial charge in [-0.2, -0.15) is 0 Å². The van der Waals surface area contributed by atoms with Crippen LogP contribution in [0.25, 0.3) is 253 Å². The molecule has 604 valence electrons. The molecule has 0 amide bonds. The fourth-order valence-corrected chi connectivity index (χ4v) is 20.2. The number of hydrogen-bond acceptors (Lipinski definition) is 4. The van der Waals surface area contributed by atoms with Crippen LogP contribution in [0.5, 0.6) is 0 Å². The van der Waals surface area contributed by atoms with Gasteiger partial charge in [0, 0.05) is 65.6 Å². The van der Waals surface area contributed by atoms with E-state index in [1.165, 1.54) is 104 Å². The second kappa shape index (κ2) is 31.4. The molecule has 6 nitrogen and oxygen atoms in total. The second-order valence-corrected chi connectivity index (χ2v) is 33.8. The molecule has 0 fully saturated rings. The minimum absolute atomic E-state index is 0.684. The Morgan fingerprint density at radius 2 is 0.569 bits per heavy atom. The maximum atomic E-state index is 5.57. The average molecular weight is 1650 g/mol. The quantitative estimate of drug-likeness (QED) is 0.122. The first-order chi connectivity index (χ1) is 64.4. The lowest BCUT2D eigenvalue weighted by atomic mass is 9.91. The lowest BCUT2D eigenvalue weighted by Crippen LogP contribution is -2.00. The molecule has 22 aromatic carbocycles. The largest absolute Gasteiger partial charge is 0.309 e. The van der Waals surface area contributed by atoms with E-state index in [2.05, 4.69) is 482 Å². The molecule has 0 spiro atoms. The summed E-state index contributed by atoms with van der Waals surface area (Å²) >= 11 is 0. The maximum Gasteiger partial charge on any atom is 0.161 e. The molecule has 4 aromatic heterocycles. The third kappa shape index (κ3) is 13.0. The monoisotopic (exact) mass is 1650 g/mol. The number of hydrogen-bond donors (Lipinski definition) is 0. The van der Waals surface area contributed by atoms with Gasteiger partial charge in [0.1, 0.15) is 0 Å². The number of fused-ring (bicyclic) bond motifs is 14. The highest BCUT2D eigenvalue weighted by Crippen LogP contribution is 2.49. The van der Waals surface area contributed by atoms with Gasteiger partial charge < -0.3 is 9.13 Å². The summed E-state index contributed by atoms with van der Waals surface area (Å²) in [4.78, 5) is 22.0. The minimum Gasteiger partial charge on any atom is -0.309 e. The van der Waals surface area contributed by atoms with E-state index in [0.717, 1.165) is 138 Å². The molecule has 0 aliphatic rings. The second-order valence-electron chi connectivity index (χ2n) is 33.8. The van der Waals surface area contributed by atoms with Gasteiger partial charge in [-0.1, -0.05) is 382 Å². The lowest BCUT2D eigenvalue weighted by molar-refractivity contribution is 1.18. The van der Waals surface area contributed by atoms with Crippen LogP contribution in [-0.4, -0.2) is 29.1 Å². The summed E-state index contributed by atoms with van der Waals surface area (Å²) in [6.45, 7) is 0. The van der Waals surface area contributed by atoms with Crippen molar-refractivity contribution < 1.29 is 0 Å². The van der Waals surface area contributed by atoms with E-state index in [9.17, 15) is 0 Å². The van der Waals surface area contributed by atoms with Crippen molar-refractivity contribution in [3.63, 3.8) is 0 Å². The molecule has 26 aromatic rings. The van der Waals surface area contributed by atoms with Gasteiger partial charge in [-0.25, -0.2) is 19.9 Å². The van der Waals surface area contributed by atoms with E-state index < -0.39 is 0 Å². The molecule has 26 rings (SSSR count). The van der Waals surface area contributed by atoms with Gasteiger partial charge in [0.15, 0.2) is 11.6 Å². The molecule has 130 heavy (non-hydrogen) atoms. The molecule has 0 bridgehead atoms. The van der Waals surface area contributed by atoms with Crippen molar-refractivity contribution in [2.75, 3.05) is 0 Å². The Hall–Kier alpha value is -17.3. The summed E-state index contributed by atoms with van der Waals surface area (Å²) in [5.41, 5.74) is 28.5. The first-order valence-corrected chi connectivity index (χ1v) is 44.5. The van der Waals surface area contributed by atoms with Gasteiger partial charge in [-0.15, -0.1) is 0 Å². The Bertz CT molecular complexity index is 9010. The molecule has 0 N–H and O–H groups in total. The van der Waals surface area contributed by atoms with Gasteiger partial charge in [0.2, 0.25) is 0 Å². The fraction of sp³-hybridized carbons (Fsp3) is 0. The van der Waals surface area contributed by atoms with E-state index in [4.69, 9.17) is 19.9 Å². The van der Waals surface area contributed by atoms with E-state index >= 15 is 0 Å². The van der Waals surface area contributed by atoms with Crippen LogP contribution in [0.1, 0.15) is 0 Å². The SMILES string of the molecule is c1ccc(-c2cc3nc(-c4cc(-n5c6cc7ccccc7cc6c6c(-c7ccc8ccccc8c7)cccc65)cc5ccccc45)nc(-c4ccccc4)c3cc2-c2ccccc2)cc1.c1ccc(-c2ccc(-c3nc(-c4ccc(-n5c6cc7ccccc7cc6c6c(-c7cccc8ccccc78)cccc65)c5ccccc45)nc4ccc(-c5ccccc5)cc34)cc2)cc1. The lowest BCUT2D eigenvalue weighted by Gasteiger charge is -2.17. The Morgan fingerprint density at radius 1 is 0.154 bits per heavy atom. The summed E-state index contributed by atoms with van der Waals surface area (Å²) in [6, 6.07) is 171. The predicted octanol–water partition coefficient (Wildman–Crippen LogP) is 33.0. The first kappa shape index (κ1) is 75.2. The highest BCUT2D eigenvalue weighted by molar-refractivity contribution is 6.23. The molecular weight excluding hydrogens is 1570 g/mol. The molecule has 0 atom stereocenters. The van der Waals surface area contributed by atoms with Crippen LogP contribution in [0.15, 0.2) is 473 Å². The molecule has 0 unspecified atom stereocenters. The highest BCUT2D eigenvalue weighted by Gasteiger charge is 2.26. The van der Waals surface area contributed by atoms with Crippen LogP contribution in [0.4, 0.5) is 0 Å². The Morgan fingerprint density at radius 3 is 1.21 bits per heavy atom. The summed E-state index contributed by atoms with van der Waals surface area (Å²) in [6.07, 6.45) is 0. The molecule has 0 aliphatic carbocycles. The zero-order chi connectivity index (χ0) is 85.7. The zero-order valence-corrected chi connectivity index (χ0v) is 70.7. The zero-order valence-electron chi connectivity index (χ0n) is 70.7. The predicted molar refractivity (Wildman–Crippen MR) is 547 cm³/mol. The van der Waals surface area contributed by atoms with Crippen LogP contribution in [-0.2, 0) is 0 Å². The van der Waals surface area contributed by atoms with Gasteiger partial charge in [-0.3, -0.25) is 0 Å². The molecule has 0 aliphatic heterocycles. The number of rotatable bonds is 12. The van der Waals surface area contributed by atoms with Crippen molar-refractivity contribution >= 4 is 130 Å². The third-order valence-corrected chi connectivity index (χ3v) is 26.3. The van der Waals surface area contributed by atoms with Crippen molar-refractivity contribution in [1.29, 1.82) is 0 Å². The fourth-order valence-electron chi connectivity index (χ4n) is 20.2. The van der Waals surface area contributed by atoms with Gasteiger partial charge >= 0.3 is 0 Å². The average Bonchev–Trinajstić information content (AvgIpc) is 1.56. The van der Waals surface area contributed by atoms with E-state index in [1.807, 2.05) is 0 Å². The van der Waals surface area contributed by atoms with Crippen molar-refractivity contribution in [2.45, 2.75) is 0 Å². The van der Waals surface area contributed by atoms with E-state index in [0.29, 0.717) is 11.6 Å². The number of nitrogens with zero attached hydrogens (tertiary/aromatic N) is 6. The minimum atomic E-state index is 0.684. The van der Waals surface area contributed by atoms with Crippen LogP contribution in [0.2, 0.25) is 0 Å². The van der Waals surface area contributed by atoms with E-state index in [1.54, 1.807) is 0 Å². The van der Waals surface area contributed by atoms with Gasteiger partial charge in [-0.05, 0) is 217 Å². The van der Waals surface area contributed by atoms with Crippen LogP contribution >= 0.6 is 0 Å². The molecule has 6 heteroatoms. The smallest absolute Gasteiger partial charge is 0.161 e. The van der Waals surface area contributed by atoms with Crippen LogP contribution in [0.3, 0.4) is 0 Å². The molecule has 0 saturated heterocycles. The summed E-state index contributed by atoms with van der Waals surface area (Å²) in [5, 5.41) is 21.2. The Kier molecular flexibility index (Phi) is 18.2. The molecule has 4 heterocycles. The van der Waals surface area contributed by atoms with Gasteiger partial charge in [0.25, 0.3) is 0 Å². The molecule has 0 radical (unpaired) electrons. The van der Waals surface area contributed by atoms with E-state index in [-0.39, 0.29) is 0 Å². The summed E-state index contributed by atoms with van der Waals surface area (Å²) in [7, 11) is 0.